The largest absolute Gasteiger partial charge is 0.395 e. The monoisotopic (exact) mass is 734 g/mol. The Kier molecular flexibility index (Phi) is 40.8. The van der Waals surface area contributed by atoms with Crippen LogP contribution in [0.1, 0.15) is 259 Å². The second kappa shape index (κ2) is 41.4. The van der Waals surface area contributed by atoms with Crippen molar-refractivity contribution in [2.45, 2.75) is 259 Å². The highest BCUT2D eigenvalue weighted by molar-refractivity contribution is 5.81. The molecule has 0 aliphatic carbocycles. The van der Waals surface area contributed by atoms with Crippen LogP contribution in [0.4, 0.5) is 0 Å². The molecular weight excluding hydrogens is 639 g/mol. The molecule has 0 radical (unpaired) electrons. The Morgan fingerprint density at radius 2 is 0.635 bits per heavy atom. The Balaban J connectivity index is 4.20. The van der Waals surface area contributed by atoms with Crippen molar-refractivity contribution in [2.24, 2.45) is 11.8 Å². The second-order valence-electron chi connectivity index (χ2n) is 16.7. The molecule has 1 N–H and O–H groups in total. The van der Waals surface area contributed by atoms with Gasteiger partial charge >= 0.3 is 0 Å². The van der Waals surface area contributed by atoms with E-state index in [1.807, 2.05) is 0 Å². The van der Waals surface area contributed by atoms with Gasteiger partial charge in [0, 0.05) is 31.2 Å². The summed E-state index contributed by atoms with van der Waals surface area (Å²) in [5, 5.41) is 9.64. The number of nitrogens with zero attached hydrogens (tertiary/aromatic N) is 1. The van der Waals surface area contributed by atoms with E-state index in [1.54, 1.807) is 0 Å². The summed E-state index contributed by atoms with van der Waals surface area (Å²) in [5.41, 5.74) is 0. The first-order chi connectivity index (χ1) is 25.5. The average Bonchev–Trinajstić information content (AvgIpc) is 3.14. The third kappa shape index (κ3) is 33.8. The number of Topliss-reactive ketones (excluding diaryl/α,β-unsaturated/α-hetero) is 2. The first-order valence-corrected chi connectivity index (χ1v) is 23.9. The number of hydrogen-bond acceptors (Lipinski definition) is 4. The van der Waals surface area contributed by atoms with Gasteiger partial charge in [-0.05, 0) is 64.5 Å². The summed E-state index contributed by atoms with van der Waals surface area (Å²) in [6.07, 6.45) is 43.7. The fraction of sp³-hybridized carbons (Fsp3) is 0.958. The molecule has 0 aliphatic rings. The minimum Gasteiger partial charge on any atom is -0.395 e. The van der Waals surface area contributed by atoms with Gasteiger partial charge in [0.05, 0.1) is 6.61 Å². The predicted octanol–water partition coefficient (Wildman–Crippen LogP) is 14.8. The van der Waals surface area contributed by atoms with E-state index in [4.69, 9.17) is 0 Å². The van der Waals surface area contributed by atoms with Gasteiger partial charge in [0.1, 0.15) is 11.6 Å². The molecule has 0 aromatic heterocycles. The Morgan fingerprint density at radius 3 is 0.962 bits per heavy atom. The molecule has 52 heavy (non-hydrogen) atoms. The highest BCUT2D eigenvalue weighted by atomic mass is 16.3. The van der Waals surface area contributed by atoms with E-state index in [9.17, 15) is 14.7 Å². The van der Waals surface area contributed by atoms with Crippen LogP contribution >= 0.6 is 0 Å². The zero-order valence-electron chi connectivity index (χ0n) is 36.1. The number of carbonyl (C=O) groups excluding carboxylic acids is 2. The van der Waals surface area contributed by atoms with E-state index in [-0.39, 0.29) is 6.61 Å². The van der Waals surface area contributed by atoms with Crippen LogP contribution in [0.15, 0.2) is 0 Å². The van der Waals surface area contributed by atoms with Gasteiger partial charge < -0.3 is 10.0 Å². The molecule has 0 aromatic rings. The van der Waals surface area contributed by atoms with Gasteiger partial charge in [0.2, 0.25) is 0 Å². The van der Waals surface area contributed by atoms with Crippen molar-refractivity contribution >= 4 is 11.6 Å². The second-order valence-corrected chi connectivity index (χ2v) is 16.7. The summed E-state index contributed by atoms with van der Waals surface area (Å²) in [6, 6.07) is 0. The molecule has 4 nitrogen and oxygen atoms in total. The summed E-state index contributed by atoms with van der Waals surface area (Å²) in [4.78, 5) is 28.7. The summed E-state index contributed by atoms with van der Waals surface area (Å²) in [6.45, 7) is 12.2. The topological polar surface area (TPSA) is 57.6 Å². The van der Waals surface area contributed by atoms with Gasteiger partial charge in [-0.25, -0.2) is 0 Å². The van der Waals surface area contributed by atoms with Crippen LogP contribution in [0, 0.1) is 11.8 Å². The summed E-state index contributed by atoms with van der Waals surface area (Å²) in [7, 11) is 0. The highest BCUT2D eigenvalue weighted by Gasteiger charge is 2.18. The lowest BCUT2D eigenvalue weighted by Crippen LogP contribution is -2.29. The molecular formula is C48H95NO3. The maximum absolute atomic E-state index is 13.1. The molecule has 310 valence electrons. The first-order valence-electron chi connectivity index (χ1n) is 23.9. The maximum atomic E-state index is 13.1. The molecule has 0 spiro atoms. The Bertz CT molecular complexity index is 681. The molecule has 2 atom stereocenters. The number of aliphatic hydroxyl groups excluding tert-OH is 1. The lowest BCUT2D eigenvalue weighted by atomic mass is 9.88. The summed E-state index contributed by atoms with van der Waals surface area (Å²) < 4.78 is 0. The van der Waals surface area contributed by atoms with E-state index in [0.29, 0.717) is 23.4 Å². The van der Waals surface area contributed by atoms with E-state index in [0.717, 1.165) is 71.0 Å². The van der Waals surface area contributed by atoms with Crippen molar-refractivity contribution in [1.82, 2.24) is 4.90 Å². The average molecular weight is 734 g/mol. The minimum absolute atomic E-state index is 0.237. The maximum Gasteiger partial charge on any atom is 0.135 e. The van der Waals surface area contributed by atoms with E-state index in [1.165, 1.54) is 180 Å². The highest BCUT2D eigenvalue weighted by Crippen LogP contribution is 2.24. The van der Waals surface area contributed by atoms with Crippen molar-refractivity contribution in [3.05, 3.63) is 0 Å². The number of rotatable bonds is 44. The normalized spacial score (nSPS) is 12.9. The van der Waals surface area contributed by atoms with Crippen LogP contribution in [0.3, 0.4) is 0 Å². The van der Waals surface area contributed by atoms with Crippen LogP contribution in [-0.4, -0.2) is 47.8 Å². The quantitative estimate of drug-likeness (QED) is 0.0634. The van der Waals surface area contributed by atoms with Gasteiger partial charge in [-0.15, -0.1) is 0 Å². The molecule has 0 rings (SSSR count). The summed E-state index contributed by atoms with van der Waals surface area (Å²) >= 11 is 0. The van der Waals surface area contributed by atoms with E-state index >= 15 is 0 Å². The van der Waals surface area contributed by atoms with Crippen molar-refractivity contribution < 1.29 is 14.7 Å². The van der Waals surface area contributed by atoms with Crippen molar-refractivity contribution in [3.8, 4) is 0 Å². The number of unbranched alkanes of at least 4 members (excludes halogenated alkanes) is 24. The number of aliphatic hydroxyl groups is 1. The van der Waals surface area contributed by atoms with Gasteiger partial charge in [-0.3, -0.25) is 9.59 Å². The minimum atomic E-state index is 0.237. The Morgan fingerprint density at radius 1 is 0.365 bits per heavy atom. The molecule has 0 saturated carbocycles. The molecule has 4 heteroatoms. The zero-order valence-corrected chi connectivity index (χ0v) is 36.1. The van der Waals surface area contributed by atoms with Crippen LogP contribution in [0.2, 0.25) is 0 Å². The lowest BCUT2D eigenvalue weighted by Gasteiger charge is -2.21. The Labute approximate surface area is 327 Å². The number of ketones is 2. The van der Waals surface area contributed by atoms with Gasteiger partial charge in [-0.1, -0.05) is 195 Å². The standard InChI is InChI=1S/C48H95NO3/c1-5-9-13-17-21-29-37-45(35-27-15-11-7-3)47(51)39-31-23-19-25-33-41-49(43-44-50)42-34-26-20-24-32-40-48(52)46(36-28-16-12-8-4)38-30-22-18-14-10-6-2/h45-46,50H,5-44H2,1-4H3. The number of hydrogen-bond donors (Lipinski definition) is 1. The Hall–Kier alpha value is -0.740. The van der Waals surface area contributed by atoms with Gasteiger partial charge in [0.25, 0.3) is 0 Å². The van der Waals surface area contributed by atoms with Crippen LogP contribution in [0.25, 0.3) is 0 Å². The zero-order chi connectivity index (χ0) is 38.2. The lowest BCUT2D eigenvalue weighted by molar-refractivity contribution is -0.124. The van der Waals surface area contributed by atoms with Crippen molar-refractivity contribution in [1.29, 1.82) is 0 Å². The molecule has 0 fully saturated rings. The molecule has 0 saturated heterocycles. The first kappa shape index (κ1) is 51.3. The van der Waals surface area contributed by atoms with Crippen molar-refractivity contribution in [2.75, 3.05) is 26.2 Å². The van der Waals surface area contributed by atoms with Crippen molar-refractivity contribution in [3.63, 3.8) is 0 Å². The van der Waals surface area contributed by atoms with Gasteiger partial charge in [-0.2, -0.15) is 0 Å². The molecule has 0 aliphatic heterocycles. The molecule has 0 aromatic carbocycles. The molecule has 0 bridgehead atoms. The predicted molar refractivity (Wildman–Crippen MR) is 229 cm³/mol. The van der Waals surface area contributed by atoms with Crippen LogP contribution < -0.4 is 0 Å². The van der Waals surface area contributed by atoms with E-state index < -0.39 is 0 Å². The fourth-order valence-electron chi connectivity index (χ4n) is 8.12. The van der Waals surface area contributed by atoms with Gasteiger partial charge in [0.15, 0.2) is 0 Å². The number of carbonyl (C=O) groups is 2. The van der Waals surface area contributed by atoms with E-state index in [2.05, 4.69) is 32.6 Å². The van der Waals surface area contributed by atoms with Crippen LogP contribution in [0.5, 0.6) is 0 Å². The third-order valence-corrected chi connectivity index (χ3v) is 11.7. The molecule has 0 heterocycles. The fourth-order valence-corrected chi connectivity index (χ4v) is 8.12. The summed E-state index contributed by atoms with van der Waals surface area (Å²) in [5.74, 6) is 1.73. The smallest absolute Gasteiger partial charge is 0.135 e. The third-order valence-electron chi connectivity index (χ3n) is 11.7. The SMILES string of the molecule is CCCCCCCCC(CCCCCC)C(=O)CCCCCCCN(CCO)CCCCCCCC(=O)C(CCCCCC)CCCCCCCC. The molecule has 0 amide bonds. The van der Waals surface area contributed by atoms with Crippen LogP contribution in [-0.2, 0) is 9.59 Å². The molecule has 2 unspecified atom stereocenters.